The second-order valence-corrected chi connectivity index (χ2v) is 12.3. The van der Waals surface area contributed by atoms with Gasteiger partial charge >= 0.3 is 0 Å². The molecule has 1 aliphatic rings. The van der Waals surface area contributed by atoms with Crippen LogP contribution < -0.4 is 14.4 Å². The minimum absolute atomic E-state index is 0.110. The number of hydrogen-bond donors (Lipinski definition) is 0. The Hall–Kier alpha value is -3.56. The zero-order valence-electron chi connectivity index (χ0n) is 23.7. The van der Waals surface area contributed by atoms with Crippen molar-refractivity contribution < 1.29 is 14.3 Å². The summed E-state index contributed by atoms with van der Waals surface area (Å²) in [5.74, 6) is 1.19. The van der Waals surface area contributed by atoms with E-state index in [9.17, 15) is 4.79 Å². The molecular weight excluding hydrogens is 643 g/mol. The van der Waals surface area contributed by atoms with E-state index < -0.39 is 0 Å². The first-order valence-corrected chi connectivity index (χ1v) is 15.1. The van der Waals surface area contributed by atoms with Crippen LogP contribution in [0, 0.1) is 31.3 Å². The summed E-state index contributed by atoms with van der Waals surface area (Å²) in [5, 5.41) is 0.626. The third kappa shape index (κ3) is 6.85. The fraction of sp³-hybridized carbons (Fsp3) is 0.176. The van der Waals surface area contributed by atoms with Gasteiger partial charge in [0.05, 0.1) is 27.0 Å². The number of carbonyl (C=O) groups is 1. The zero-order chi connectivity index (χ0) is 29.1. The van der Waals surface area contributed by atoms with Crippen LogP contribution in [0.25, 0.3) is 6.08 Å². The Labute approximate surface area is 259 Å². The van der Waals surface area contributed by atoms with E-state index in [-0.39, 0.29) is 5.91 Å². The van der Waals surface area contributed by atoms with E-state index in [0.717, 1.165) is 48.3 Å². The molecule has 0 N–H and O–H groups in total. The van der Waals surface area contributed by atoms with Crippen molar-refractivity contribution in [3.05, 3.63) is 121 Å². The molecule has 0 aliphatic carbocycles. The first kappa shape index (κ1) is 29.0. The summed E-state index contributed by atoms with van der Waals surface area (Å²) < 4.78 is 12.7. The van der Waals surface area contributed by atoms with Crippen molar-refractivity contribution in [1.82, 2.24) is 0 Å². The van der Waals surface area contributed by atoms with Gasteiger partial charge in [0.2, 0.25) is 0 Å². The van der Waals surface area contributed by atoms with E-state index in [0.29, 0.717) is 28.2 Å². The largest absolute Gasteiger partial charge is 0.493 e. The summed E-state index contributed by atoms with van der Waals surface area (Å²) in [5.41, 5.74) is 7.99. The van der Waals surface area contributed by atoms with Crippen molar-refractivity contribution in [2.45, 2.75) is 34.3 Å². The summed E-state index contributed by atoms with van der Waals surface area (Å²) in [4.78, 5) is 21.2. The summed E-state index contributed by atoms with van der Waals surface area (Å²) in [7, 11) is 1.63. The molecule has 7 heteroatoms. The highest BCUT2D eigenvalue weighted by Crippen LogP contribution is 2.40. The first-order valence-electron chi connectivity index (χ1n) is 13.2. The van der Waals surface area contributed by atoms with Gasteiger partial charge in [-0.25, -0.2) is 4.99 Å². The Morgan fingerprint density at radius 3 is 2.15 bits per heavy atom. The van der Waals surface area contributed by atoms with Crippen LogP contribution in [0.3, 0.4) is 0 Å². The fourth-order valence-electron chi connectivity index (χ4n) is 4.83. The van der Waals surface area contributed by atoms with Gasteiger partial charge < -0.3 is 9.47 Å². The maximum absolute atomic E-state index is 13.9. The van der Waals surface area contributed by atoms with Gasteiger partial charge in [-0.2, -0.15) is 0 Å². The highest BCUT2D eigenvalue weighted by molar-refractivity contribution is 14.1. The van der Waals surface area contributed by atoms with Crippen molar-refractivity contribution in [2.24, 2.45) is 4.99 Å². The average molecular weight is 675 g/mol. The molecule has 0 bridgehead atoms. The topological polar surface area (TPSA) is 51.1 Å². The Kier molecular flexibility index (Phi) is 8.85. The predicted molar refractivity (Wildman–Crippen MR) is 178 cm³/mol. The number of hydrogen-bond acceptors (Lipinski definition) is 5. The third-order valence-corrected chi connectivity index (χ3v) is 8.25. The van der Waals surface area contributed by atoms with Gasteiger partial charge in [0, 0.05) is 0 Å². The number of benzene rings is 4. The van der Waals surface area contributed by atoms with Crippen LogP contribution in [0.2, 0.25) is 0 Å². The van der Waals surface area contributed by atoms with E-state index >= 15 is 0 Å². The fourth-order valence-corrected chi connectivity index (χ4v) is 6.61. The molecular formula is C34H31IN2O3S. The van der Waals surface area contributed by atoms with Crippen molar-refractivity contribution in [3.63, 3.8) is 0 Å². The standard InChI is InChI=1S/C34H31IN2O3S/c1-21-11-22(2)14-27(13-21)36-34-37(28-15-23(3)12-24(4)16-28)33(38)31(41-34)19-26-17-29(35)32(30(18-26)39-5)40-20-25-9-7-6-8-10-25/h6-19H,20H2,1-5H3. The molecule has 41 heavy (non-hydrogen) atoms. The smallest absolute Gasteiger partial charge is 0.271 e. The van der Waals surface area contributed by atoms with Gasteiger partial charge in [0.1, 0.15) is 6.61 Å². The summed E-state index contributed by atoms with van der Waals surface area (Å²) in [6, 6.07) is 26.3. The van der Waals surface area contributed by atoms with Crippen molar-refractivity contribution in [1.29, 1.82) is 0 Å². The van der Waals surface area contributed by atoms with E-state index in [1.165, 1.54) is 11.8 Å². The molecule has 0 atom stereocenters. The maximum Gasteiger partial charge on any atom is 0.271 e. The number of halogens is 1. The molecule has 0 saturated carbocycles. The molecule has 1 fully saturated rings. The number of thioether (sulfide) groups is 1. The minimum atomic E-state index is -0.110. The molecule has 1 saturated heterocycles. The summed E-state index contributed by atoms with van der Waals surface area (Å²) in [6.45, 7) is 8.62. The highest BCUT2D eigenvalue weighted by atomic mass is 127. The number of amidine groups is 1. The second-order valence-electron chi connectivity index (χ2n) is 10.1. The van der Waals surface area contributed by atoms with Gasteiger partial charge in [-0.15, -0.1) is 0 Å². The Morgan fingerprint density at radius 1 is 0.878 bits per heavy atom. The van der Waals surface area contributed by atoms with E-state index in [1.54, 1.807) is 12.0 Å². The quantitative estimate of drug-likeness (QED) is 0.145. The molecule has 1 aliphatic heterocycles. The molecule has 0 spiro atoms. The first-order chi connectivity index (χ1) is 19.7. The molecule has 0 unspecified atom stereocenters. The average Bonchev–Trinajstić information content (AvgIpc) is 3.21. The Bertz CT molecular complexity index is 1640. The Balaban J connectivity index is 1.52. The van der Waals surface area contributed by atoms with E-state index in [2.05, 4.69) is 48.6 Å². The number of amides is 1. The lowest BCUT2D eigenvalue weighted by molar-refractivity contribution is -0.113. The SMILES string of the molecule is COc1cc(C=C2SC(=Nc3cc(C)cc(C)c3)N(c3cc(C)cc(C)c3)C2=O)cc(I)c1OCc1ccccc1. The van der Waals surface area contributed by atoms with Crippen LogP contribution in [-0.4, -0.2) is 18.2 Å². The van der Waals surface area contributed by atoms with Gasteiger partial charge in [-0.05, 0) is 138 Å². The van der Waals surface area contributed by atoms with Crippen LogP contribution in [0.5, 0.6) is 11.5 Å². The maximum atomic E-state index is 13.9. The van der Waals surface area contributed by atoms with Gasteiger partial charge in [0.25, 0.3) is 5.91 Å². The molecule has 0 aromatic heterocycles. The Morgan fingerprint density at radius 2 is 1.51 bits per heavy atom. The lowest BCUT2D eigenvalue weighted by Gasteiger charge is -2.17. The monoisotopic (exact) mass is 674 g/mol. The molecule has 0 radical (unpaired) electrons. The molecule has 5 rings (SSSR count). The van der Waals surface area contributed by atoms with Crippen LogP contribution in [0.15, 0.2) is 88.8 Å². The lowest BCUT2D eigenvalue weighted by Crippen LogP contribution is -2.28. The minimum Gasteiger partial charge on any atom is -0.493 e. The molecule has 208 valence electrons. The number of methoxy groups -OCH3 is 1. The van der Waals surface area contributed by atoms with Crippen LogP contribution >= 0.6 is 34.4 Å². The van der Waals surface area contributed by atoms with Crippen LogP contribution in [-0.2, 0) is 11.4 Å². The molecule has 1 heterocycles. The van der Waals surface area contributed by atoms with Crippen LogP contribution in [0.1, 0.15) is 33.4 Å². The number of carbonyl (C=O) groups excluding carboxylic acids is 1. The lowest BCUT2D eigenvalue weighted by atomic mass is 10.1. The third-order valence-electron chi connectivity index (χ3n) is 6.48. The van der Waals surface area contributed by atoms with E-state index in [1.807, 2.05) is 86.7 Å². The highest BCUT2D eigenvalue weighted by Gasteiger charge is 2.35. The van der Waals surface area contributed by atoms with Gasteiger partial charge in [-0.1, -0.05) is 42.5 Å². The van der Waals surface area contributed by atoms with Crippen molar-refractivity contribution in [2.75, 3.05) is 12.0 Å². The molecule has 5 nitrogen and oxygen atoms in total. The summed E-state index contributed by atoms with van der Waals surface area (Å²) in [6.07, 6.45) is 1.90. The molecule has 4 aromatic carbocycles. The molecule has 4 aromatic rings. The van der Waals surface area contributed by atoms with Gasteiger partial charge in [-0.3, -0.25) is 9.69 Å². The van der Waals surface area contributed by atoms with Crippen molar-refractivity contribution >= 4 is 62.9 Å². The van der Waals surface area contributed by atoms with Crippen LogP contribution in [0.4, 0.5) is 11.4 Å². The molecule has 1 amide bonds. The number of aliphatic imine (C=N–C) groups is 1. The number of nitrogens with zero attached hydrogens (tertiary/aromatic N) is 2. The summed E-state index contributed by atoms with van der Waals surface area (Å²) >= 11 is 3.63. The van der Waals surface area contributed by atoms with Gasteiger partial charge in [0.15, 0.2) is 16.7 Å². The number of aryl methyl sites for hydroxylation is 4. The van der Waals surface area contributed by atoms with Crippen molar-refractivity contribution in [3.8, 4) is 11.5 Å². The number of anilines is 1. The second kappa shape index (κ2) is 12.5. The predicted octanol–water partition coefficient (Wildman–Crippen LogP) is 8.92. The van der Waals surface area contributed by atoms with E-state index in [4.69, 9.17) is 14.5 Å². The normalized spacial score (nSPS) is 15.2. The zero-order valence-corrected chi connectivity index (χ0v) is 26.7. The number of ether oxygens (including phenoxy) is 2. The number of rotatable bonds is 7.